The molecule has 0 atom stereocenters. The molecule has 7 heteroatoms. The number of nitrogens with zero attached hydrogens (tertiary/aromatic N) is 2. The Balaban J connectivity index is 2.78. The van der Waals surface area contributed by atoms with Crippen molar-refractivity contribution in [2.75, 3.05) is 41.0 Å². The molecule has 1 aromatic rings. The van der Waals surface area contributed by atoms with Gasteiger partial charge in [-0.2, -0.15) is 5.10 Å². The number of hydrazone groups is 1. The third-order valence-corrected chi connectivity index (χ3v) is 3.35. The fourth-order valence-corrected chi connectivity index (χ4v) is 2.04. The number of nitrogens with one attached hydrogen (secondary N) is 1. The number of benzene rings is 1. The molecule has 1 amide bonds. The average Bonchev–Trinajstić information content (AvgIpc) is 2.58. The molecule has 1 rings (SSSR count). The molecule has 0 aliphatic rings. The van der Waals surface area contributed by atoms with Crippen LogP contribution in [0.1, 0.15) is 19.4 Å². The maximum Gasteiger partial charge on any atom is 0.254 e. The molecule has 0 aromatic heterocycles. The Bertz CT molecular complexity index is 517. The molecular weight excluding hydrogens is 298 g/mol. The van der Waals surface area contributed by atoms with Gasteiger partial charge in [-0.05, 0) is 25.2 Å². The first-order valence-corrected chi connectivity index (χ1v) is 7.43. The van der Waals surface area contributed by atoms with E-state index in [0.29, 0.717) is 23.8 Å². The lowest BCUT2D eigenvalue weighted by Gasteiger charge is -2.16. The minimum Gasteiger partial charge on any atom is -0.493 e. The Morgan fingerprint density at radius 1 is 1.13 bits per heavy atom. The predicted molar refractivity (Wildman–Crippen MR) is 89.6 cm³/mol. The predicted octanol–water partition coefficient (Wildman–Crippen LogP) is 1.50. The quantitative estimate of drug-likeness (QED) is 0.551. The molecule has 1 aromatic carbocycles. The number of carbonyl (C=O) groups excluding carboxylic acids is 1. The van der Waals surface area contributed by atoms with Gasteiger partial charge in [-0.3, -0.25) is 9.69 Å². The third kappa shape index (κ3) is 5.45. The van der Waals surface area contributed by atoms with Gasteiger partial charge in [0.2, 0.25) is 5.75 Å². The van der Waals surface area contributed by atoms with E-state index in [1.807, 2.05) is 18.7 Å². The molecule has 0 saturated carbocycles. The molecule has 128 valence electrons. The van der Waals surface area contributed by atoms with Gasteiger partial charge in [0, 0.05) is 5.56 Å². The highest BCUT2D eigenvalue weighted by molar-refractivity contribution is 5.84. The van der Waals surface area contributed by atoms with Crippen molar-refractivity contribution in [3.05, 3.63) is 17.7 Å². The van der Waals surface area contributed by atoms with Crippen molar-refractivity contribution in [2.24, 2.45) is 5.10 Å². The van der Waals surface area contributed by atoms with Crippen molar-refractivity contribution >= 4 is 12.1 Å². The Kier molecular flexibility index (Phi) is 7.90. The van der Waals surface area contributed by atoms with Crippen LogP contribution >= 0.6 is 0 Å². The maximum absolute atomic E-state index is 11.8. The first-order valence-electron chi connectivity index (χ1n) is 7.43. The number of likely N-dealkylation sites (N-methyl/N-ethyl adjacent to an activating group) is 1. The highest BCUT2D eigenvalue weighted by Gasteiger charge is 2.12. The summed E-state index contributed by atoms with van der Waals surface area (Å²) in [6.45, 7) is 5.98. The zero-order valence-corrected chi connectivity index (χ0v) is 14.4. The van der Waals surface area contributed by atoms with Crippen LogP contribution in [0.5, 0.6) is 17.2 Å². The van der Waals surface area contributed by atoms with Crippen LogP contribution in [0, 0.1) is 0 Å². The lowest BCUT2D eigenvalue weighted by Crippen LogP contribution is -2.35. The Labute approximate surface area is 137 Å². The van der Waals surface area contributed by atoms with Gasteiger partial charge in [0.25, 0.3) is 5.91 Å². The van der Waals surface area contributed by atoms with Crippen molar-refractivity contribution in [3.8, 4) is 17.2 Å². The van der Waals surface area contributed by atoms with Crippen molar-refractivity contribution in [1.82, 2.24) is 10.3 Å². The summed E-state index contributed by atoms with van der Waals surface area (Å²) in [7, 11) is 4.63. The van der Waals surface area contributed by atoms with Gasteiger partial charge in [-0.1, -0.05) is 13.8 Å². The molecule has 0 spiro atoms. The van der Waals surface area contributed by atoms with E-state index in [2.05, 4.69) is 10.5 Å². The summed E-state index contributed by atoms with van der Waals surface area (Å²) in [6, 6.07) is 3.50. The van der Waals surface area contributed by atoms with Gasteiger partial charge in [0.05, 0.1) is 34.1 Å². The smallest absolute Gasteiger partial charge is 0.254 e. The first kappa shape index (κ1) is 18.8. The highest BCUT2D eigenvalue weighted by Crippen LogP contribution is 2.37. The van der Waals surface area contributed by atoms with E-state index in [9.17, 15) is 4.79 Å². The van der Waals surface area contributed by atoms with Crippen LogP contribution in [0.4, 0.5) is 0 Å². The van der Waals surface area contributed by atoms with E-state index in [0.717, 1.165) is 18.7 Å². The molecule has 23 heavy (non-hydrogen) atoms. The maximum atomic E-state index is 11.8. The average molecular weight is 323 g/mol. The number of hydrogen-bond acceptors (Lipinski definition) is 6. The van der Waals surface area contributed by atoms with Crippen LogP contribution in [0.25, 0.3) is 0 Å². The van der Waals surface area contributed by atoms with Gasteiger partial charge >= 0.3 is 0 Å². The SMILES string of the molecule is CCN(CC)CC(=O)N/N=C/c1cc(OC)c(OC)c(OC)c1. The standard InChI is InChI=1S/C16H25N3O4/c1-6-19(7-2)11-15(20)18-17-10-12-8-13(21-3)16(23-5)14(9-12)22-4/h8-10H,6-7,11H2,1-5H3,(H,18,20)/b17-10+. The molecule has 0 aliphatic heterocycles. The van der Waals surface area contributed by atoms with Crippen molar-refractivity contribution < 1.29 is 19.0 Å². The van der Waals surface area contributed by atoms with Crippen molar-refractivity contribution in [1.29, 1.82) is 0 Å². The minimum absolute atomic E-state index is 0.155. The molecule has 0 heterocycles. The van der Waals surface area contributed by atoms with E-state index in [4.69, 9.17) is 14.2 Å². The number of amides is 1. The lowest BCUT2D eigenvalue weighted by atomic mass is 10.2. The van der Waals surface area contributed by atoms with Crippen LogP contribution < -0.4 is 19.6 Å². The summed E-state index contributed by atoms with van der Waals surface area (Å²) in [4.78, 5) is 13.8. The van der Waals surface area contributed by atoms with Crippen LogP contribution in [0.3, 0.4) is 0 Å². The number of hydrogen-bond donors (Lipinski definition) is 1. The lowest BCUT2D eigenvalue weighted by molar-refractivity contribution is -0.122. The molecule has 0 unspecified atom stereocenters. The molecule has 0 bridgehead atoms. The second-order valence-electron chi connectivity index (χ2n) is 4.71. The third-order valence-electron chi connectivity index (χ3n) is 3.35. The van der Waals surface area contributed by atoms with E-state index in [1.165, 1.54) is 6.21 Å². The van der Waals surface area contributed by atoms with Crippen molar-refractivity contribution in [2.45, 2.75) is 13.8 Å². The monoisotopic (exact) mass is 323 g/mol. The second-order valence-corrected chi connectivity index (χ2v) is 4.71. The van der Waals surface area contributed by atoms with Gasteiger partial charge in [-0.15, -0.1) is 0 Å². The zero-order chi connectivity index (χ0) is 17.2. The van der Waals surface area contributed by atoms with Gasteiger partial charge in [0.1, 0.15) is 0 Å². The fraction of sp³-hybridized carbons (Fsp3) is 0.500. The van der Waals surface area contributed by atoms with Crippen LogP contribution in [-0.4, -0.2) is 58.0 Å². The van der Waals surface area contributed by atoms with E-state index >= 15 is 0 Å². The first-order chi connectivity index (χ1) is 11.1. The summed E-state index contributed by atoms with van der Waals surface area (Å²) in [5.74, 6) is 1.42. The fourth-order valence-electron chi connectivity index (χ4n) is 2.04. The number of carbonyl (C=O) groups is 1. The van der Waals surface area contributed by atoms with Crippen LogP contribution in [-0.2, 0) is 4.79 Å². The summed E-state index contributed by atoms with van der Waals surface area (Å²) in [5, 5.41) is 3.97. The van der Waals surface area contributed by atoms with Crippen LogP contribution in [0.15, 0.2) is 17.2 Å². The zero-order valence-electron chi connectivity index (χ0n) is 14.4. The van der Waals surface area contributed by atoms with E-state index in [-0.39, 0.29) is 5.91 Å². The van der Waals surface area contributed by atoms with E-state index in [1.54, 1.807) is 33.5 Å². The molecular formula is C16H25N3O4. The number of methoxy groups -OCH3 is 3. The normalized spacial score (nSPS) is 10.9. The number of ether oxygens (including phenoxy) is 3. The summed E-state index contributed by atoms with van der Waals surface area (Å²) in [6.07, 6.45) is 1.53. The van der Waals surface area contributed by atoms with Gasteiger partial charge in [-0.25, -0.2) is 5.43 Å². The molecule has 1 N–H and O–H groups in total. The Morgan fingerprint density at radius 2 is 1.70 bits per heavy atom. The summed E-state index contributed by atoms with van der Waals surface area (Å²) >= 11 is 0. The molecule has 0 radical (unpaired) electrons. The minimum atomic E-state index is -0.155. The summed E-state index contributed by atoms with van der Waals surface area (Å²) < 4.78 is 15.8. The molecule has 7 nitrogen and oxygen atoms in total. The molecule has 0 saturated heterocycles. The van der Waals surface area contributed by atoms with Crippen molar-refractivity contribution in [3.63, 3.8) is 0 Å². The van der Waals surface area contributed by atoms with Gasteiger partial charge in [0.15, 0.2) is 11.5 Å². The van der Waals surface area contributed by atoms with E-state index < -0.39 is 0 Å². The summed E-state index contributed by atoms with van der Waals surface area (Å²) in [5.41, 5.74) is 3.23. The molecule has 0 fully saturated rings. The van der Waals surface area contributed by atoms with Gasteiger partial charge < -0.3 is 14.2 Å². The Hall–Kier alpha value is -2.28. The Morgan fingerprint density at radius 3 is 2.13 bits per heavy atom. The second kappa shape index (κ2) is 9.68. The van der Waals surface area contributed by atoms with Crippen LogP contribution in [0.2, 0.25) is 0 Å². The number of rotatable bonds is 9. The topological polar surface area (TPSA) is 72.4 Å². The largest absolute Gasteiger partial charge is 0.493 e. The molecule has 0 aliphatic carbocycles. The highest BCUT2D eigenvalue weighted by atomic mass is 16.5.